The Morgan fingerprint density at radius 3 is 2.83 bits per heavy atom. The number of nitrogens with one attached hydrogen (secondary N) is 1. The molecular weight excluding hydrogens is 150 g/mol. The Bertz CT molecular complexity index is 216. The van der Waals surface area contributed by atoms with Crippen molar-refractivity contribution in [3.05, 3.63) is 23.5 Å². The van der Waals surface area contributed by atoms with Gasteiger partial charge in [0.1, 0.15) is 5.82 Å². The molecule has 1 unspecified atom stereocenters. The molecule has 1 heterocycles. The predicted molar refractivity (Wildman–Crippen MR) is 51.5 cm³/mol. The van der Waals surface area contributed by atoms with Gasteiger partial charge in [0.2, 0.25) is 0 Å². The van der Waals surface area contributed by atoms with Crippen molar-refractivity contribution in [3.8, 4) is 0 Å². The summed E-state index contributed by atoms with van der Waals surface area (Å²) in [5, 5.41) is 3.13. The Kier molecular flexibility index (Phi) is 2.76. The molecule has 12 heavy (non-hydrogen) atoms. The van der Waals surface area contributed by atoms with Crippen LogP contribution in [0.2, 0.25) is 0 Å². The molecule has 3 N–H and O–H groups in total. The fourth-order valence-electron chi connectivity index (χ4n) is 1.25. The molecule has 0 aromatic carbocycles. The van der Waals surface area contributed by atoms with Gasteiger partial charge in [0, 0.05) is 26.7 Å². The number of nitrogens with zero attached hydrogens (tertiary/aromatic N) is 1. The lowest BCUT2D eigenvalue weighted by atomic mass is 10.1. The maximum atomic E-state index is 5.77. The molecule has 0 radical (unpaired) electrons. The predicted octanol–water partition coefficient (Wildman–Crippen LogP) is 0.266. The molecule has 0 bridgehead atoms. The van der Waals surface area contributed by atoms with E-state index in [1.807, 2.05) is 14.0 Å². The van der Waals surface area contributed by atoms with Crippen molar-refractivity contribution in [3.63, 3.8) is 0 Å². The molecule has 1 rings (SSSR count). The van der Waals surface area contributed by atoms with E-state index >= 15 is 0 Å². The molecule has 0 aliphatic carbocycles. The van der Waals surface area contributed by atoms with E-state index in [-0.39, 0.29) is 6.04 Å². The first-order chi connectivity index (χ1) is 5.65. The van der Waals surface area contributed by atoms with Gasteiger partial charge in [-0.3, -0.25) is 0 Å². The molecule has 68 valence electrons. The van der Waals surface area contributed by atoms with Gasteiger partial charge in [-0.15, -0.1) is 0 Å². The lowest BCUT2D eigenvalue weighted by Gasteiger charge is -2.26. The van der Waals surface area contributed by atoms with E-state index in [4.69, 9.17) is 5.73 Å². The second-order valence-corrected chi connectivity index (χ2v) is 3.15. The largest absolute Gasteiger partial charge is 0.375 e. The number of hydrogen-bond donors (Lipinski definition) is 2. The zero-order chi connectivity index (χ0) is 9.14. The molecule has 1 aliphatic heterocycles. The van der Waals surface area contributed by atoms with Crippen LogP contribution in [0.3, 0.4) is 0 Å². The monoisotopic (exact) mass is 167 g/mol. The van der Waals surface area contributed by atoms with Crippen molar-refractivity contribution >= 4 is 0 Å². The van der Waals surface area contributed by atoms with Crippen molar-refractivity contribution in [2.45, 2.75) is 13.0 Å². The third kappa shape index (κ3) is 1.80. The smallest absolute Gasteiger partial charge is 0.101 e. The highest BCUT2D eigenvalue weighted by Gasteiger charge is 2.10. The Balaban J connectivity index is 2.77. The van der Waals surface area contributed by atoms with Gasteiger partial charge in [0.15, 0.2) is 0 Å². The number of likely N-dealkylation sites (N-methyl/N-ethyl adjacent to an activating group) is 1. The van der Waals surface area contributed by atoms with E-state index in [0.717, 1.165) is 12.4 Å². The highest BCUT2D eigenvalue weighted by atomic mass is 15.2. The highest BCUT2D eigenvalue weighted by molar-refractivity contribution is 5.30. The summed E-state index contributed by atoms with van der Waals surface area (Å²) in [4.78, 5) is 2.14. The maximum Gasteiger partial charge on any atom is 0.101 e. The van der Waals surface area contributed by atoms with E-state index in [2.05, 4.69) is 29.4 Å². The van der Waals surface area contributed by atoms with Gasteiger partial charge in [0.25, 0.3) is 0 Å². The zero-order valence-corrected chi connectivity index (χ0v) is 7.96. The summed E-state index contributed by atoms with van der Waals surface area (Å²) in [7, 11) is 3.98. The molecule has 1 atom stereocenters. The maximum absolute atomic E-state index is 5.77. The molecule has 0 fully saturated rings. The van der Waals surface area contributed by atoms with Gasteiger partial charge >= 0.3 is 0 Å². The van der Waals surface area contributed by atoms with Gasteiger partial charge < -0.3 is 16.0 Å². The summed E-state index contributed by atoms with van der Waals surface area (Å²) in [5.74, 6) is 1.13. The van der Waals surface area contributed by atoms with Crippen LogP contribution in [-0.4, -0.2) is 31.6 Å². The fraction of sp³-hybridized carbons (Fsp3) is 0.556. The molecule has 0 spiro atoms. The fourth-order valence-corrected chi connectivity index (χ4v) is 1.25. The lowest BCUT2D eigenvalue weighted by Crippen LogP contribution is -2.31. The second-order valence-electron chi connectivity index (χ2n) is 3.15. The van der Waals surface area contributed by atoms with Gasteiger partial charge in [0.05, 0.1) is 0 Å². The van der Waals surface area contributed by atoms with Crippen LogP contribution in [0.4, 0.5) is 0 Å². The second kappa shape index (κ2) is 3.63. The van der Waals surface area contributed by atoms with E-state index in [1.54, 1.807) is 0 Å². The van der Waals surface area contributed by atoms with Crippen LogP contribution in [0, 0.1) is 0 Å². The quantitative estimate of drug-likeness (QED) is 0.620. The van der Waals surface area contributed by atoms with Crippen LogP contribution in [-0.2, 0) is 0 Å². The Morgan fingerprint density at radius 2 is 2.33 bits per heavy atom. The molecule has 3 heteroatoms. The molecule has 0 amide bonds. The summed E-state index contributed by atoms with van der Waals surface area (Å²) in [6.07, 6.45) is 4.25. The molecule has 0 aromatic heterocycles. The Morgan fingerprint density at radius 1 is 1.67 bits per heavy atom. The summed E-state index contributed by atoms with van der Waals surface area (Å²) < 4.78 is 0. The van der Waals surface area contributed by atoms with Crippen molar-refractivity contribution in [1.29, 1.82) is 0 Å². The first-order valence-corrected chi connectivity index (χ1v) is 4.21. The van der Waals surface area contributed by atoms with Crippen LogP contribution in [0.5, 0.6) is 0 Å². The van der Waals surface area contributed by atoms with Crippen LogP contribution in [0.1, 0.15) is 6.92 Å². The van der Waals surface area contributed by atoms with Crippen LogP contribution in [0.15, 0.2) is 23.5 Å². The van der Waals surface area contributed by atoms with Crippen LogP contribution in [0.25, 0.3) is 0 Å². The third-order valence-corrected chi connectivity index (χ3v) is 2.10. The average Bonchev–Trinajstić information content (AvgIpc) is 2.05. The van der Waals surface area contributed by atoms with E-state index in [0.29, 0.717) is 0 Å². The van der Waals surface area contributed by atoms with Gasteiger partial charge in [-0.2, -0.15) is 0 Å². The molecule has 0 aromatic rings. The average molecular weight is 167 g/mol. The third-order valence-electron chi connectivity index (χ3n) is 2.10. The Hall–Kier alpha value is -0.960. The minimum absolute atomic E-state index is 0.127. The van der Waals surface area contributed by atoms with Crippen molar-refractivity contribution < 1.29 is 0 Å². The Labute approximate surface area is 73.9 Å². The van der Waals surface area contributed by atoms with Crippen molar-refractivity contribution in [2.24, 2.45) is 5.73 Å². The van der Waals surface area contributed by atoms with Gasteiger partial charge in [-0.05, 0) is 18.6 Å². The first-order valence-electron chi connectivity index (χ1n) is 4.21. The molecule has 1 aliphatic rings. The number of nitrogens with two attached hydrogens (primary N) is 1. The minimum atomic E-state index is 0.127. The van der Waals surface area contributed by atoms with Crippen LogP contribution >= 0.6 is 0 Å². The van der Waals surface area contributed by atoms with Gasteiger partial charge in [-0.25, -0.2) is 0 Å². The van der Waals surface area contributed by atoms with E-state index < -0.39 is 0 Å². The van der Waals surface area contributed by atoms with Crippen molar-refractivity contribution in [1.82, 2.24) is 10.2 Å². The molecule has 0 saturated carbocycles. The van der Waals surface area contributed by atoms with Crippen molar-refractivity contribution in [2.75, 3.05) is 20.6 Å². The molecular formula is C9H17N3. The highest BCUT2D eigenvalue weighted by Crippen LogP contribution is 2.12. The minimum Gasteiger partial charge on any atom is -0.375 e. The number of hydrogen-bond acceptors (Lipinski definition) is 3. The van der Waals surface area contributed by atoms with Crippen LogP contribution < -0.4 is 11.1 Å². The molecule has 0 saturated heterocycles. The molecule has 3 nitrogen and oxygen atoms in total. The lowest BCUT2D eigenvalue weighted by molar-refractivity contribution is 0.424. The first kappa shape index (κ1) is 9.13. The summed E-state index contributed by atoms with van der Waals surface area (Å²) >= 11 is 0. The zero-order valence-electron chi connectivity index (χ0n) is 7.96. The topological polar surface area (TPSA) is 41.3 Å². The summed E-state index contributed by atoms with van der Waals surface area (Å²) in [5.41, 5.74) is 6.98. The number of rotatable bonds is 2. The normalized spacial score (nSPS) is 19.8. The van der Waals surface area contributed by atoms with Gasteiger partial charge in [-0.1, -0.05) is 6.08 Å². The standard InChI is InChI=1S/C9H17N3/c1-7(10)8-4-5-12(3)9(6-8)11-2/h4,6-7,11H,5,10H2,1-3H3. The van der Waals surface area contributed by atoms with E-state index in [1.165, 1.54) is 5.57 Å². The van der Waals surface area contributed by atoms with E-state index in [9.17, 15) is 0 Å². The SMILES string of the molecule is CNC1=CC(C(C)N)=CCN1C. The summed E-state index contributed by atoms with van der Waals surface area (Å²) in [6.45, 7) is 2.93. The summed E-state index contributed by atoms with van der Waals surface area (Å²) in [6, 6.07) is 0.127.